The van der Waals surface area contributed by atoms with Gasteiger partial charge in [-0.1, -0.05) is 0 Å². The van der Waals surface area contributed by atoms with Crippen LogP contribution in [0.3, 0.4) is 0 Å². The first-order valence-electron chi connectivity index (χ1n) is 6.14. The summed E-state index contributed by atoms with van der Waals surface area (Å²) in [6.45, 7) is 0. The van der Waals surface area contributed by atoms with Gasteiger partial charge in [-0.05, 0) is 12.1 Å². The lowest BCUT2D eigenvalue weighted by molar-refractivity contribution is -0.142. The summed E-state index contributed by atoms with van der Waals surface area (Å²) in [5, 5.41) is 18.5. The first kappa shape index (κ1) is 16.7. The molecule has 0 bridgehead atoms. The van der Waals surface area contributed by atoms with Crippen LogP contribution in [-0.4, -0.2) is 16.4 Å². The molecule has 124 valence electrons. The molecule has 0 saturated heterocycles. The van der Waals surface area contributed by atoms with Gasteiger partial charge in [0.25, 0.3) is 0 Å². The van der Waals surface area contributed by atoms with Crippen LogP contribution in [0.25, 0.3) is 0 Å². The molecule has 0 aliphatic rings. The Morgan fingerprint density at radius 1 is 0.783 bits per heavy atom. The van der Waals surface area contributed by atoms with Crippen molar-refractivity contribution >= 4 is 11.4 Å². The van der Waals surface area contributed by atoms with E-state index in [1.54, 1.807) is 0 Å². The Labute approximate surface area is 126 Å². The summed E-state index contributed by atoms with van der Waals surface area (Å²) >= 11 is 0. The molecule has 6 N–H and O–H groups in total. The van der Waals surface area contributed by atoms with Crippen molar-refractivity contribution in [1.29, 1.82) is 0 Å². The Bertz CT molecular complexity index is 704. The monoisotopic (exact) mass is 334 g/mol. The maximum atomic E-state index is 13.9. The fourth-order valence-electron chi connectivity index (χ4n) is 2.16. The zero-order valence-corrected chi connectivity index (χ0v) is 11.3. The number of halogens is 5. The van der Waals surface area contributed by atoms with E-state index in [0.29, 0.717) is 24.3 Å². The van der Waals surface area contributed by atoms with E-state index in [1.807, 2.05) is 0 Å². The number of hydrogen-bond donors (Lipinski definition) is 4. The summed E-state index contributed by atoms with van der Waals surface area (Å²) in [6.07, 6.45) is -5.07. The van der Waals surface area contributed by atoms with Crippen LogP contribution in [0.1, 0.15) is 17.0 Å². The number of phenolic OH excluding ortho intramolecular Hbond substituents is 2. The van der Waals surface area contributed by atoms with Crippen molar-refractivity contribution in [1.82, 2.24) is 0 Å². The molecule has 0 spiro atoms. The van der Waals surface area contributed by atoms with Gasteiger partial charge in [-0.15, -0.1) is 0 Å². The third-order valence-electron chi connectivity index (χ3n) is 3.24. The van der Waals surface area contributed by atoms with Crippen LogP contribution in [0.5, 0.6) is 11.5 Å². The number of rotatable bonds is 2. The number of aromatic hydroxyl groups is 2. The molecule has 0 unspecified atom stereocenters. The smallest absolute Gasteiger partial charge is 0.399 e. The predicted molar refractivity (Wildman–Crippen MR) is 72.9 cm³/mol. The molecule has 2 aromatic carbocycles. The summed E-state index contributed by atoms with van der Waals surface area (Å²) in [7, 11) is 0. The maximum absolute atomic E-state index is 13.9. The van der Waals surface area contributed by atoms with Gasteiger partial charge in [-0.25, -0.2) is 8.78 Å². The van der Waals surface area contributed by atoms with Gasteiger partial charge in [0.15, 0.2) is 0 Å². The van der Waals surface area contributed by atoms with Crippen LogP contribution in [0, 0.1) is 11.6 Å². The molecule has 9 heteroatoms. The van der Waals surface area contributed by atoms with Crippen molar-refractivity contribution in [3.8, 4) is 11.5 Å². The Kier molecular flexibility index (Phi) is 3.97. The minimum atomic E-state index is -5.07. The molecule has 23 heavy (non-hydrogen) atoms. The van der Waals surface area contributed by atoms with Crippen molar-refractivity contribution < 1.29 is 32.2 Å². The molecule has 0 amide bonds. The lowest BCUT2D eigenvalue weighted by Crippen LogP contribution is -2.24. The second-order valence-electron chi connectivity index (χ2n) is 4.84. The highest BCUT2D eigenvalue weighted by molar-refractivity contribution is 5.59. The fourth-order valence-corrected chi connectivity index (χ4v) is 2.16. The SMILES string of the molecule is Nc1cc(C(c2cc(N)c(O)cc2F)C(F)(F)F)c(F)cc1O. The minimum Gasteiger partial charge on any atom is -0.506 e. The number of phenols is 2. The van der Waals surface area contributed by atoms with Gasteiger partial charge in [0.05, 0.1) is 11.4 Å². The van der Waals surface area contributed by atoms with Crippen LogP contribution in [0.2, 0.25) is 0 Å². The highest BCUT2D eigenvalue weighted by atomic mass is 19.4. The van der Waals surface area contributed by atoms with Crippen molar-refractivity contribution in [3.05, 3.63) is 47.0 Å². The van der Waals surface area contributed by atoms with Gasteiger partial charge in [-0.3, -0.25) is 0 Å². The topological polar surface area (TPSA) is 92.5 Å². The predicted octanol–water partition coefficient (Wildman–Crippen LogP) is 3.23. The molecule has 4 nitrogen and oxygen atoms in total. The highest BCUT2D eigenvalue weighted by Gasteiger charge is 2.45. The average molecular weight is 334 g/mol. The molecule has 0 aliphatic heterocycles. The Morgan fingerprint density at radius 2 is 1.13 bits per heavy atom. The van der Waals surface area contributed by atoms with E-state index in [-0.39, 0.29) is 0 Å². The van der Waals surface area contributed by atoms with Crippen molar-refractivity contribution in [2.45, 2.75) is 12.1 Å². The van der Waals surface area contributed by atoms with Gasteiger partial charge in [0, 0.05) is 23.3 Å². The zero-order chi connectivity index (χ0) is 17.5. The lowest BCUT2D eigenvalue weighted by atomic mass is 9.89. The van der Waals surface area contributed by atoms with Crippen LogP contribution in [0.4, 0.5) is 33.3 Å². The summed E-state index contributed by atoms with van der Waals surface area (Å²) < 4.78 is 67.9. The van der Waals surface area contributed by atoms with Crippen LogP contribution in [0.15, 0.2) is 24.3 Å². The van der Waals surface area contributed by atoms with Gasteiger partial charge >= 0.3 is 6.18 Å². The van der Waals surface area contributed by atoms with Gasteiger partial charge < -0.3 is 21.7 Å². The Balaban J connectivity index is 2.74. The Hall–Kier alpha value is -2.71. The molecule has 0 aliphatic carbocycles. The number of nitrogens with two attached hydrogens (primary N) is 2. The molecule has 0 fully saturated rings. The second kappa shape index (κ2) is 5.49. The number of nitrogen functional groups attached to an aromatic ring is 2. The summed E-state index contributed by atoms with van der Waals surface area (Å²) in [6, 6.07) is 1.97. The summed E-state index contributed by atoms with van der Waals surface area (Å²) in [5.74, 6) is -7.01. The van der Waals surface area contributed by atoms with Gasteiger partial charge in [0.1, 0.15) is 29.1 Å². The normalized spacial score (nSPS) is 11.9. The van der Waals surface area contributed by atoms with Crippen LogP contribution >= 0.6 is 0 Å². The highest BCUT2D eigenvalue weighted by Crippen LogP contribution is 2.45. The third-order valence-corrected chi connectivity index (χ3v) is 3.24. The molecule has 0 aromatic heterocycles. The second-order valence-corrected chi connectivity index (χ2v) is 4.84. The van der Waals surface area contributed by atoms with E-state index in [9.17, 15) is 32.2 Å². The van der Waals surface area contributed by atoms with E-state index in [2.05, 4.69) is 0 Å². The summed E-state index contributed by atoms with van der Waals surface area (Å²) in [4.78, 5) is 0. The molecule has 0 saturated carbocycles. The molecular formula is C14H11F5N2O2. The van der Waals surface area contributed by atoms with Crippen molar-refractivity contribution in [3.63, 3.8) is 0 Å². The van der Waals surface area contributed by atoms with E-state index < -0.39 is 57.7 Å². The van der Waals surface area contributed by atoms with E-state index >= 15 is 0 Å². The molecule has 2 aromatic rings. The number of benzene rings is 2. The first-order valence-corrected chi connectivity index (χ1v) is 6.14. The maximum Gasteiger partial charge on any atom is 0.399 e. The zero-order valence-electron chi connectivity index (χ0n) is 11.3. The standard InChI is InChI=1S/C14H11F5N2O2/c15-7-3-11(22)9(20)1-5(7)13(14(17,18)19)6-2-10(21)12(23)4-8(6)16/h1-4,13,22-23H,20-21H2. The Morgan fingerprint density at radius 3 is 1.43 bits per heavy atom. The largest absolute Gasteiger partial charge is 0.506 e. The third kappa shape index (κ3) is 3.08. The number of anilines is 2. The van der Waals surface area contributed by atoms with Gasteiger partial charge in [0.2, 0.25) is 0 Å². The average Bonchev–Trinajstić information content (AvgIpc) is 2.40. The fraction of sp³-hybridized carbons (Fsp3) is 0.143. The van der Waals surface area contributed by atoms with E-state index in [1.165, 1.54) is 0 Å². The molecule has 0 atom stereocenters. The van der Waals surface area contributed by atoms with E-state index in [0.717, 1.165) is 0 Å². The van der Waals surface area contributed by atoms with Crippen molar-refractivity contribution in [2.24, 2.45) is 0 Å². The molecule has 0 radical (unpaired) electrons. The quantitative estimate of drug-likeness (QED) is 0.385. The van der Waals surface area contributed by atoms with Crippen LogP contribution in [-0.2, 0) is 0 Å². The molecular weight excluding hydrogens is 323 g/mol. The molecule has 0 heterocycles. The lowest BCUT2D eigenvalue weighted by Gasteiger charge is -2.23. The van der Waals surface area contributed by atoms with E-state index in [4.69, 9.17) is 11.5 Å². The minimum absolute atomic E-state index is 0.408. The summed E-state index contributed by atoms with van der Waals surface area (Å²) in [5.41, 5.74) is 7.65. The number of alkyl halides is 3. The van der Waals surface area contributed by atoms with Crippen LogP contribution < -0.4 is 11.5 Å². The van der Waals surface area contributed by atoms with Gasteiger partial charge in [-0.2, -0.15) is 13.2 Å². The van der Waals surface area contributed by atoms with Crippen molar-refractivity contribution in [2.75, 3.05) is 11.5 Å². The number of hydrogen-bond acceptors (Lipinski definition) is 4. The first-order chi connectivity index (χ1) is 10.5. The molecule has 2 rings (SSSR count).